The van der Waals surface area contributed by atoms with Crippen molar-refractivity contribution in [3.8, 4) is 11.5 Å². The quantitative estimate of drug-likeness (QED) is 0.275. The summed E-state index contributed by atoms with van der Waals surface area (Å²) in [5.41, 5.74) is 1.74. The number of para-hydroxylation sites is 1. The first-order valence-electron chi connectivity index (χ1n) is 11.4. The van der Waals surface area contributed by atoms with Crippen LogP contribution in [0.3, 0.4) is 0 Å². The molecule has 3 aromatic rings. The van der Waals surface area contributed by atoms with Gasteiger partial charge in [-0.25, -0.2) is 0 Å². The lowest BCUT2D eigenvalue weighted by atomic mass is 9.95. The van der Waals surface area contributed by atoms with Crippen molar-refractivity contribution in [2.45, 2.75) is 26.3 Å². The predicted molar refractivity (Wildman–Crippen MR) is 131 cm³/mol. The Morgan fingerprint density at radius 1 is 0.853 bits per heavy atom. The van der Waals surface area contributed by atoms with E-state index in [2.05, 4.69) is 0 Å². The normalized spacial score (nSPS) is 17.1. The van der Waals surface area contributed by atoms with E-state index in [-0.39, 0.29) is 11.3 Å². The van der Waals surface area contributed by atoms with Crippen LogP contribution in [0.2, 0.25) is 0 Å². The maximum atomic E-state index is 13.2. The summed E-state index contributed by atoms with van der Waals surface area (Å²) in [5.74, 6) is -0.282. The van der Waals surface area contributed by atoms with E-state index in [1.807, 2.05) is 32.0 Å². The number of ketones is 1. The SMILES string of the molecule is CCCOc1ccc(/C(O)=C2/C(=O)C(=O)N(c3ccccc3)C2c2ccc(OCC)cc2)cc1. The van der Waals surface area contributed by atoms with Gasteiger partial charge in [0.1, 0.15) is 17.3 Å². The number of aliphatic hydroxyl groups is 1. The Balaban J connectivity index is 1.81. The van der Waals surface area contributed by atoms with Crippen molar-refractivity contribution in [3.05, 3.63) is 95.6 Å². The summed E-state index contributed by atoms with van der Waals surface area (Å²) < 4.78 is 11.2. The van der Waals surface area contributed by atoms with Gasteiger partial charge in [0.15, 0.2) is 0 Å². The smallest absolute Gasteiger partial charge is 0.300 e. The molecule has 1 atom stereocenters. The lowest BCUT2D eigenvalue weighted by Crippen LogP contribution is -2.29. The van der Waals surface area contributed by atoms with Crippen molar-refractivity contribution in [2.75, 3.05) is 18.1 Å². The molecule has 1 amide bonds. The lowest BCUT2D eigenvalue weighted by Gasteiger charge is -2.25. The van der Waals surface area contributed by atoms with E-state index >= 15 is 0 Å². The monoisotopic (exact) mass is 457 g/mol. The van der Waals surface area contributed by atoms with Crippen molar-refractivity contribution in [2.24, 2.45) is 0 Å². The molecular weight excluding hydrogens is 430 g/mol. The van der Waals surface area contributed by atoms with Crippen molar-refractivity contribution in [1.29, 1.82) is 0 Å². The average molecular weight is 458 g/mol. The number of rotatable bonds is 8. The zero-order chi connectivity index (χ0) is 24.1. The van der Waals surface area contributed by atoms with Crippen LogP contribution in [0.5, 0.6) is 11.5 Å². The molecule has 1 saturated heterocycles. The zero-order valence-corrected chi connectivity index (χ0v) is 19.2. The number of carbonyl (C=O) groups is 2. The van der Waals surface area contributed by atoms with Gasteiger partial charge in [0, 0.05) is 11.3 Å². The molecule has 0 bridgehead atoms. The molecule has 0 aliphatic carbocycles. The topological polar surface area (TPSA) is 76.1 Å². The molecule has 4 rings (SSSR count). The van der Waals surface area contributed by atoms with Gasteiger partial charge in [-0.1, -0.05) is 37.3 Å². The number of carbonyl (C=O) groups excluding carboxylic acids is 2. The van der Waals surface area contributed by atoms with E-state index in [1.165, 1.54) is 4.90 Å². The van der Waals surface area contributed by atoms with Crippen molar-refractivity contribution in [3.63, 3.8) is 0 Å². The van der Waals surface area contributed by atoms with E-state index in [9.17, 15) is 14.7 Å². The summed E-state index contributed by atoms with van der Waals surface area (Å²) in [5, 5.41) is 11.2. The van der Waals surface area contributed by atoms with Crippen molar-refractivity contribution < 1.29 is 24.2 Å². The first kappa shape index (κ1) is 23.1. The number of hydrogen-bond donors (Lipinski definition) is 1. The molecule has 1 heterocycles. The number of nitrogens with zero attached hydrogens (tertiary/aromatic N) is 1. The minimum atomic E-state index is -0.783. The third-order valence-electron chi connectivity index (χ3n) is 5.59. The summed E-state index contributed by atoms with van der Waals surface area (Å²) in [6, 6.07) is 22.3. The highest BCUT2D eigenvalue weighted by Crippen LogP contribution is 2.42. The Morgan fingerprint density at radius 3 is 2.09 bits per heavy atom. The minimum Gasteiger partial charge on any atom is -0.507 e. The number of benzene rings is 3. The highest BCUT2D eigenvalue weighted by atomic mass is 16.5. The Labute approximate surface area is 199 Å². The predicted octanol–water partition coefficient (Wildman–Crippen LogP) is 5.50. The standard InChI is InChI=1S/C28H27NO5/c1-3-18-34-23-16-12-20(13-17-23)26(30)24-25(19-10-14-22(15-11-19)33-4-2)29(28(32)27(24)31)21-8-6-5-7-9-21/h5-17,25,30H,3-4,18H2,1-2H3/b26-24-. The number of anilines is 1. The van der Waals surface area contributed by atoms with Gasteiger partial charge in [0.05, 0.1) is 24.8 Å². The summed E-state index contributed by atoms with van der Waals surface area (Å²) in [6.07, 6.45) is 0.882. The van der Waals surface area contributed by atoms with E-state index in [0.29, 0.717) is 41.5 Å². The molecule has 0 spiro atoms. The number of aliphatic hydroxyl groups excluding tert-OH is 1. The van der Waals surface area contributed by atoms with Gasteiger partial charge in [-0.3, -0.25) is 14.5 Å². The second-order valence-corrected chi connectivity index (χ2v) is 7.88. The maximum absolute atomic E-state index is 13.2. The molecule has 1 unspecified atom stereocenters. The maximum Gasteiger partial charge on any atom is 0.300 e. The Kier molecular flexibility index (Phi) is 6.97. The molecule has 1 aliphatic heterocycles. The van der Waals surface area contributed by atoms with E-state index < -0.39 is 17.7 Å². The first-order chi connectivity index (χ1) is 16.5. The van der Waals surface area contributed by atoms with Crippen LogP contribution in [0.15, 0.2) is 84.4 Å². The van der Waals surface area contributed by atoms with Crippen LogP contribution in [0.25, 0.3) is 5.76 Å². The van der Waals surface area contributed by atoms with E-state index in [0.717, 1.165) is 6.42 Å². The van der Waals surface area contributed by atoms with Crippen LogP contribution in [-0.2, 0) is 9.59 Å². The third kappa shape index (κ3) is 4.53. The fraction of sp³-hybridized carbons (Fsp3) is 0.214. The van der Waals surface area contributed by atoms with Crippen LogP contribution in [-0.4, -0.2) is 30.0 Å². The fourth-order valence-corrected chi connectivity index (χ4v) is 4.00. The van der Waals surface area contributed by atoms with Crippen molar-refractivity contribution in [1.82, 2.24) is 0 Å². The Morgan fingerprint density at radius 2 is 1.47 bits per heavy atom. The molecule has 34 heavy (non-hydrogen) atoms. The highest BCUT2D eigenvalue weighted by molar-refractivity contribution is 6.51. The van der Waals surface area contributed by atoms with Crippen LogP contribution in [0, 0.1) is 0 Å². The Hall–Kier alpha value is -4.06. The summed E-state index contributed by atoms with van der Waals surface area (Å²) in [7, 11) is 0. The largest absolute Gasteiger partial charge is 0.507 e. The fourth-order valence-electron chi connectivity index (χ4n) is 4.00. The van der Waals surface area contributed by atoms with Gasteiger partial charge < -0.3 is 14.6 Å². The highest BCUT2D eigenvalue weighted by Gasteiger charge is 2.46. The molecule has 0 saturated carbocycles. The van der Waals surface area contributed by atoms with E-state index in [4.69, 9.17) is 9.47 Å². The van der Waals surface area contributed by atoms with Gasteiger partial charge in [-0.05, 0) is 67.4 Å². The van der Waals surface area contributed by atoms with Crippen LogP contribution in [0.4, 0.5) is 5.69 Å². The molecule has 6 nitrogen and oxygen atoms in total. The number of amides is 1. The molecule has 1 aliphatic rings. The van der Waals surface area contributed by atoms with Gasteiger partial charge in [-0.2, -0.15) is 0 Å². The van der Waals surface area contributed by atoms with E-state index in [1.54, 1.807) is 60.7 Å². The van der Waals surface area contributed by atoms with Gasteiger partial charge in [0.2, 0.25) is 0 Å². The molecule has 1 N–H and O–H groups in total. The number of ether oxygens (including phenoxy) is 2. The lowest BCUT2D eigenvalue weighted by molar-refractivity contribution is -0.132. The van der Waals surface area contributed by atoms with Crippen LogP contribution >= 0.6 is 0 Å². The molecule has 1 fully saturated rings. The zero-order valence-electron chi connectivity index (χ0n) is 19.2. The molecule has 6 heteroatoms. The summed E-state index contributed by atoms with van der Waals surface area (Å²) in [4.78, 5) is 27.8. The average Bonchev–Trinajstić information content (AvgIpc) is 3.14. The van der Waals surface area contributed by atoms with Gasteiger partial charge >= 0.3 is 0 Å². The first-order valence-corrected chi connectivity index (χ1v) is 11.4. The Bertz CT molecular complexity index is 1180. The number of hydrogen-bond acceptors (Lipinski definition) is 5. The second-order valence-electron chi connectivity index (χ2n) is 7.88. The van der Waals surface area contributed by atoms with Crippen LogP contribution in [0.1, 0.15) is 37.4 Å². The van der Waals surface area contributed by atoms with Crippen molar-refractivity contribution >= 4 is 23.1 Å². The molecular formula is C28H27NO5. The summed E-state index contributed by atoms with van der Waals surface area (Å²) in [6.45, 7) is 5.04. The molecule has 0 radical (unpaired) electrons. The second kappa shape index (κ2) is 10.3. The third-order valence-corrected chi connectivity index (χ3v) is 5.59. The molecule has 174 valence electrons. The minimum absolute atomic E-state index is 0.0419. The summed E-state index contributed by atoms with van der Waals surface area (Å²) >= 11 is 0. The van der Waals surface area contributed by atoms with Crippen LogP contribution < -0.4 is 14.4 Å². The molecule has 3 aromatic carbocycles. The molecule has 0 aromatic heterocycles. The number of Topliss-reactive ketones (excluding diaryl/α,β-unsaturated/α-hetero) is 1. The van der Waals surface area contributed by atoms with Gasteiger partial charge in [-0.15, -0.1) is 0 Å². The van der Waals surface area contributed by atoms with Gasteiger partial charge in [0.25, 0.3) is 11.7 Å².